The second-order valence-corrected chi connectivity index (χ2v) is 15.6. The molecular weight excluding hydrogens is 887 g/mol. The third-order valence-electron chi connectivity index (χ3n) is 10.1. The maximum Gasteiger partial charge on any atom is 0.322 e. The van der Waals surface area contributed by atoms with Crippen LogP contribution in [-0.4, -0.2) is 160 Å². The van der Waals surface area contributed by atoms with Gasteiger partial charge in [-0.05, 0) is 44.2 Å². The van der Waals surface area contributed by atoms with Gasteiger partial charge >= 0.3 is 11.9 Å². The maximum absolute atomic E-state index is 13.6. The summed E-state index contributed by atoms with van der Waals surface area (Å²) in [5, 5.41) is 57.0. The number of carboxylic acid groups (broad SMARTS) is 2. The van der Waals surface area contributed by atoms with Crippen LogP contribution in [0.5, 0.6) is 0 Å². The minimum atomic E-state index is -1.77. The van der Waals surface area contributed by atoms with Crippen molar-refractivity contribution in [1.82, 2.24) is 42.5 Å². The Bertz CT molecular complexity index is 1870. The van der Waals surface area contributed by atoms with Crippen LogP contribution in [0.25, 0.3) is 0 Å². The number of carboxylic acids is 2. The van der Waals surface area contributed by atoms with Crippen molar-refractivity contribution in [1.29, 1.82) is 0 Å². The molecule has 1 rings (SSSR count). The molecule has 0 aliphatic rings. The zero-order chi connectivity index (χ0) is 50.8. The molecule has 0 heterocycles. The zero-order valence-corrected chi connectivity index (χ0v) is 37.6. The maximum atomic E-state index is 13.6. The summed E-state index contributed by atoms with van der Waals surface area (Å²) in [5.74, 6) is -12.4. The van der Waals surface area contributed by atoms with Crippen molar-refractivity contribution in [3.05, 3.63) is 35.9 Å². The topological polar surface area (TPSA) is 443 Å². The Morgan fingerprint density at radius 1 is 0.627 bits per heavy atom. The normalized spacial score (nSPS) is 14.9. The van der Waals surface area contributed by atoms with Crippen molar-refractivity contribution in [2.45, 2.75) is 121 Å². The van der Waals surface area contributed by atoms with E-state index in [1.165, 1.54) is 6.92 Å². The van der Waals surface area contributed by atoms with Crippen LogP contribution in [0.2, 0.25) is 0 Å². The zero-order valence-electron chi connectivity index (χ0n) is 37.6. The number of rotatable bonds is 32. The third kappa shape index (κ3) is 22.3. The van der Waals surface area contributed by atoms with Gasteiger partial charge in [-0.1, -0.05) is 57.0 Å². The predicted molar refractivity (Wildman–Crippen MR) is 235 cm³/mol. The smallest absolute Gasteiger partial charge is 0.322 e. The van der Waals surface area contributed by atoms with Crippen molar-refractivity contribution in [3.8, 4) is 0 Å². The van der Waals surface area contributed by atoms with Crippen molar-refractivity contribution >= 4 is 65.1 Å². The van der Waals surface area contributed by atoms with Crippen molar-refractivity contribution in [2.24, 2.45) is 23.1 Å². The molecule has 0 aliphatic heterocycles. The quantitative estimate of drug-likeness (QED) is 0.0299. The number of hydrogen-bond donors (Lipinski definition) is 15. The van der Waals surface area contributed by atoms with Gasteiger partial charge < -0.3 is 80.2 Å². The highest BCUT2D eigenvalue weighted by molar-refractivity contribution is 5.98. The molecule has 0 aliphatic carbocycles. The monoisotopic (exact) mass is 951 g/mol. The number of aliphatic carboxylic acids is 2. The van der Waals surface area contributed by atoms with Crippen molar-refractivity contribution in [2.75, 3.05) is 26.2 Å². The molecule has 0 aromatic heterocycles. The van der Waals surface area contributed by atoms with Crippen LogP contribution in [0, 0.1) is 5.92 Å². The number of aliphatic hydroxyl groups is 2. The van der Waals surface area contributed by atoms with Crippen LogP contribution in [-0.2, 0) is 59.2 Å². The van der Waals surface area contributed by atoms with Crippen molar-refractivity contribution in [3.63, 3.8) is 0 Å². The van der Waals surface area contributed by atoms with Gasteiger partial charge in [-0.2, -0.15) is 0 Å². The molecule has 18 N–H and O–H groups in total. The van der Waals surface area contributed by atoms with E-state index in [0.29, 0.717) is 24.9 Å². The molecule has 0 bridgehead atoms. The number of unbranched alkanes of at least 4 members (excludes halogenated alkanes) is 1. The Kier molecular flexibility index (Phi) is 26.5. The molecule has 26 nitrogen and oxygen atoms in total. The molecule has 0 saturated heterocycles. The van der Waals surface area contributed by atoms with Gasteiger partial charge in [0.1, 0.15) is 42.8 Å². The molecule has 0 spiro atoms. The summed E-state index contributed by atoms with van der Waals surface area (Å²) < 4.78 is 0. The van der Waals surface area contributed by atoms with E-state index in [1.807, 2.05) is 5.32 Å². The van der Waals surface area contributed by atoms with Gasteiger partial charge in [0.05, 0.1) is 31.7 Å². The number of aliphatic hydroxyl groups excluding tert-OH is 2. The van der Waals surface area contributed by atoms with E-state index in [4.69, 9.17) is 22.3 Å². The van der Waals surface area contributed by atoms with Gasteiger partial charge in [0.15, 0.2) is 0 Å². The molecule has 9 amide bonds. The van der Waals surface area contributed by atoms with Gasteiger partial charge in [0.2, 0.25) is 53.2 Å². The first-order chi connectivity index (χ1) is 31.5. The first-order valence-electron chi connectivity index (χ1n) is 21.4. The molecule has 1 aromatic rings. The first-order valence-corrected chi connectivity index (χ1v) is 21.4. The molecule has 67 heavy (non-hydrogen) atoms. The molecular formula is C41H65N11O15. The molecule has 1 aromatic carbocycles. The number of amides is 9. The molecule has 26 heteroatoms. The summed E-state index contributed by atoms with van der Waals surface area (Å²) in [4.78, 5) is 140. The fraction of sp³-hybridized carbons (Fsp3) is 0.585. The van der Waals surface area contributed by atoms with Crippen molar-refractivity contribution < 1.29 is 73.2 Å². The van der Waals surface area contributed by atoms with Crippen LogP contribution < -0.4 is 59.7 Å². The van der Waals surface area contributed by atoms with E-state index in [-0.39, 0.29) is 32.1 Å². The average molecular weight is 952 g/mol. The number of hydrogen-bond acceptors (Lipinski definition) is 15. The Morgan fingerprint density at radius 2 is 1.19 bits per heavy atom. The number of primary amides is 1. The molecule has 0 fully saturated rings. The lowest BCUT2D eigenvalue weighted by molar-refractivity contribution is -0.142. The minimum absolute atomic E-state index is 0.239. The largest absolute Gasteiger partial charge is 0.481 e. The Morgan fingerprint density at radius 3 is 1.75 bits per heavy atom. The lowest BCUT2D eigenvalue weighted by Gasteiger charge is -2.29. The van der Waals surface area contributed by atoms with E-state index < -0.39 is 146 Å². The number of nitrogens with one attached hydrogen (secondary N) is 8. The van der Waals surface area contributed by atoms with Gasteiger partial charge in [-0.3, -0.25) is 52.7 Å². The van der Waals surface area contributed by atoms with Gasteiger partial charge in [-0.25, -0.2) is 0 Å². The minimum Gasteiger partial charge on any atom is -0.481 e. The van der Waals surface area contributed by atoms with E-state index >= 15 is 0 Å². The highest BCUT2D eigenvalue weighted by atomic mass is 16.4. The summed E-state index contributed by atoms with van der Waals surface area (Å²) in [5.41, 5.74) is 17.2. The predicted octanol–water partition coefficient (Wildman–Crippen LogP) is -5.93. The SMILES string of the molecule is CC[C@H](C)[C@H](NC(=O)[C@@H](NC(=O)[C@H](CCC(N)=O)NC(=O)[C@@H](N)CCCCN)[C@@H](C)O)C(=O)NCC(=O)N[C@@H](CO)C(=O)N[C@@H](Cc1ccccc1)C(=O)N[C@@H](CC(=O)O)C(=O)NCC(=O)O. The van der Waals surface area contributed by atoms with Crippen LogP contribution >= 0.6 is 0 Å². The average Bonchev–Trinajstić information content (AvgIpc) is 3.27. The Labute approximate surface area is 386 Å². The lowest BCUT2D eigenvalue weighted by atomic mass is 9.97. The van der Waals surface area contributed by atoms with E-state index in [2.05, 4.69) is 37.2 Å². The van der Waals surface area contributed by atoms with Crippen LogP contribution in [0.1, 0.15) is 71.3 Å². The van der Waals surface area contributed by atoms with Gasteiger partial charge in [-0.15, -0.1) is 0 Å². The van der Waals surface area contributed by atoms with Gasteiger partial charge in [0.25, 0.3) is 0 Å². The second-order valence-electron chi connectivity index (χ2n) is 15.6. The van der Waals surface area contributed by atoms with Crippen LogP contribution in [0.3, 0.4) is 0 Å². The molecule has 0 radical (unpaired) electrons. The third-order valence-corrected chi connectivity index (χ3v) is 10.1. The summed E-state index contributed by atoms with van der Waals surface area (Å²) in [7, 11) is 0. The fourth-order valence-electron chi connectivity index (χ4n) is 6.07. The Balaban J connectivity index is 3.14. The summed E-state index contributed by atoms with van der Waals surface area (Å²) >= 11 is 0. The van der Waals surface area contributed by atoms with E-state index in [9.17, 15) is 68.1 Å². The number of benzene rings is 1. The summed E-state index contributed by atoms with van der Waals surface area (Å²) in [6, 6.07) is -2.55. The highest BCUT2D eigenvalue weighted by Crippen LogP contribution is 2.11. The summed E-state index contributed by atoms with van der Waals surface area (Å²) in [6.45, 7) is 2.06. The number of carbonyl (C=O) groups excluding carboxylic acids is 9. The highest BCUT2D eigenvalue weighted by Gasteiger charge is 2.35. The summed E-state index contributed by atoms with van der Waals surface area (Å²) in [6.07, 6.45) is -1.76. The lowest BCUT2D eigenvalue weighted by Crippen LogP contribution is -2.61. The molecule has 374 valence electrons. The number of nitrogens with two attached hydrogens (primary N) is 3. The van der Waals surface area contributed by atoms with Gasteiger partial charge in [0, 0.05) is 12.8 Å². The first kappa shape index (κ1) is 58.2. The molecule has 0 unspecified atom stereocenters. The fourth-order valence-corrected chi connectivity index (χ4v) is 6.07. The number of carbonyl (C=O) groups is 11. The van der Waals surface area contributed by atoms with Crippen LogP contribution in [0.15, 0.2) is 30.3 Å². The van der Waals surface area contributed by atoms with E-state index in [0.717, 1.165) is 0 Å². The van der Waals surface area contributed by atoms with E-state index in [1.54, 1.807) is 44.2 Å². The Hall–Kier alpha value is -6.77. The molecule has 0 saturated carbocycles. The molecule has 9 atom stereocenters. The van der Waals surface area contributed by atoms with Crippen LogP contribution in [0.4, 0.5) is 0 Å². The second kappa shape index (κ2) is 30.4. The standard InChI is InChI=1S/C41H65N11O15/c1-4-21(2)33(51-41(67)34(22(3)54)52-37(63)25(13-14-29(44)55)48-35(61)24(43)12-8-9-15-42)40(66)45-18-30(56)47-28(20-53)39(65)49-26(16-23-10-6-5-7-11-23)38(64)50-27(17-31(57)58)36(62)46-19-32(59)60/h5-7,10-11,21-22,24-28,33-34,53-54H,4,8-9,12-20,42-43H2,1-3H3,(H2,44,55)(H,45,66)(H,46,62)(H,47,56)(H,48,61)(H,49,65)(H,50,64)(H,51,67)(H,52,63)(H,57,58)(H,59,60)/t21-,22+,24-,25-,26-,27-,28-,33-,34-/m0/s1.